The van der Waals surface area contributed by atoms with Crippen LogP contribution >= 0.6 is 27.3 Å². The molecule has 0 unspecified atom stereocenters. The summed E-state index contributed by atoms with van der Waals surface area (Å²) in [4.78, 5) is 34.9. The fourth-order valence-electron chi connectivity index (χ4n) is 2.71. The molecule has 3 rings (SSSR count). The van der Waals surface area contributed by atoms with Gasteiger partial charge in [-0.3, -0.25) is 14.2 Å². The van der Waals surface area contributed by atoms with E-state index in [9.17, 15) is 9.59 Å². The summed E-state index contributed by atoms with van der Waals surface area (Å²) in [6.07, 6.45) is 4.15. The Bertz CT molecular complexity index is 1020. The Morgan fingerprint density at radius 2 is 2.15 bits per heavy atom. The maximum atomic E-state index is 12.6. The van der Waals surface area contributed by atoms with Crippen LogP contribution in [0.25, 0.3) is 11.0 Å². The lowest BCUT2D eigenvalue weighted by Gasteiger charge is -2.05. The van der Waals surface area contributed by atoms with Crippen LogP contribution in [-0.2, 0) is 31.2 Å². The number of hydrogen-bond acceptors (Lipinski definition) is 6. The van der Waals surface area contributed by atoms with E-state index >= 15 is 0 Å². The molecule has 0 saturated heterocycles. The first kappa shape index (κ1) is 18.7. The van der Waals surface area contributed by atoms with Crippen LogP contribution in [0.3, 0.4) is 0 Å². The number of nitrogens with one attached hydrogen (secondary N) is 1. The van der Waals surface area contributed by atoms with Gasteiger partial charge in [0.05, 0.1) is 5.69 Å². The Balaban J connectivity index is 1.80. The Kier molecular flexibility index (Phi) is 5.52. The monoisotopic (exact) mass is 438 g/mol. The predicted molar refractivity (Wildman–Crippen MR) is 105 cm³/mol. The van der Waals surface area contributed by atoms with E-state index < -0.39 is 0 Å². The van der Waals surface area contributed by atoms with Gasteiger partial charge in [-0.05, 0) is 28.8 Å². The third-order valence-electron chi connectivity index (χ3n) is 3.91. The summed E-state index contributed by atoms with van der Waals surface area (Å²) in [5.74, 6) is -0.312. The molecule has 138 valence electrons. The molecule has 3 aromatic heterocycles. The number of fused-ring (bicyclic) bond motifs is 1. The minimum absolute atomic E-state index is 0.132. The highest BCUT2D eigenvalue weighted by Gasteiger charge is 2.16. The summed E-state index contributed by atoms with van der Waals surface area (Å²) in [6.45, 7) is 4.04. The Labute approximate surface area is 162 Å². The first-order valence-corrected chi connectivity index (χ1v) is 9.91. The average molecular weight is 439 g/mol. The number of thiazole rings is 1. The van der Waals surface area contributed by atoms with E-state index in [1.807, 2.05) is 0 Å². The maximum Gasteiger partial charge on any atom is 0.266 e. The lowest BCUT2D eigenvalue weighted by molar-refractivity contribution is -0.116. The molecule has 0 spiro atoms. The minimum Gasteiger partial charge on any atom is -0.300 e. The van der Waals surface area contributed by atoms with Crippen molar-refractivity contribution in [2.75, 3.05) is 5.32 Å². The van der Waals surface area contributed by atoms with Gasteiger partial charge in [-0.2, -0.15) is 5.10 Å². The maximum absolute atomic E-state index is 12.6. The molecule has 1 N–H and O–H groups in total. The summed E-state index contributed by atoms with van der Waals surface area (Å²) in [5.41, 5.74) is 1.19. The van der Waals surface area contributed by atoms with Crippen LogP contribution in [0.1, 0.15) is 30.8 Å². The molecule has 8 nitrogen and oxygen atoms in total. The van der Waals surface area contributed by atoms with E-state index in [-0.39, 0.29) is 18.0 Å². The number of nitrogens with zero attached hydrogens (tertiary/aromatic N) is 5. The molecule has 0 radical (unpaired) electrons. The molecule has 0 saturated carbocycles. The van der Waals surface area contributed by atoms with Crippen molar-refractivity contribution in [3.63, 3.8) is 0 Å². The minimum atomic E-state index is -0.315. The van der Waals surface area contributed by atoms with E-state index in [0.29, 0.717) is 20.8 Å². The number of halogens is 1. The lowest BCUT2D eigenvalue weighted by Crippen LogP contribution is -2.28. The molecule has 26 heavy (non-hydrogen) atoms. The second-order valence-corrected chi connectivity index (χ2v) is 7.67. The standard InChI is InChI=1S/C16H19BrN6O2S/c1-4-6-9-10(5-2)26-16(19-9)20-11(24)7-23-8-18-14-12(15(23)25)13(17)21-22(14)3/h8H,4-7H2,1-3H3,(H,19,20,24). The molecular formula is C16H19BrN6O2S. The van der Waals surface area contributed by atoms with Gasteiger partial charge in [0.15, 0.2) is 10.8 Å². The molecule has 1 amide bonds. The predicted octanol–water partition coefficient (Wildman–Crippen LogP) is 2.50. The normalized spacial score (nSPS) is 11.2. The molecule has 3 heterocycles. The number of rotatable bonds is 6. The second kappa shape index (κ2) is 7.67. The van der Waals surface area contributed by atoms with Crippen molar-refractivity contribution in [2.24, 2.45) is 7.05 Å². The van der Waals surface area contributed by atoms with Crippen LogP contribution in [0.4, 0.5) is 5.13 Å². The number of aromatic nitrogens is 5. The molecule has 10 heteroatoms. The zero-order valence-corrected chi connectivity index (χ0v) is 17.1. The van der Waals surface area contributed by atoms with Gasteiger partial charge >= 0.3 is 0 Å². The van der Waals surface area contributed by atoms with Crippen LogP contribution in [0.5, 0.6) is 0 Å². The largest absolute Gasteiger partial charge is 0.300 e. The first-order valence-electron chi connectivity index (χ1n) is 8.30. The SMILES string of the molecule is CCCc1nc(NC(=O)Cn2cnc3c(c(Br)nn3C)c2=O)sc1CC. The highest BCUT2D eigenvalue weighted by Crippen LogP contribution is 2.24. The van der Waals surface area contributed by atoms with Gasteiger partial charge in [-0.15, -0.1) is 11.3 Å². The van der Waals surface area contributed by atoms with E-state index in [1.165, 1.54) is 31.8 Å². The summed E-state index contributed by atoms with van der Waals surface area (Å²) in [7, 11) is 1.71. The molecular weight excluding hydrogens is 420 g/mol. The van der Waals surface area contributed by atoms with Gasteiger partial charge in [0.2, 0.25) is 5.91 Å². The van der Waals surface area contributed by atoms with Gasteiger partial charge in [-0.1, -0.05) is 20.3 Å². The topological polar surface area (TPSA) is 94.7 Å². The summed E-state index contributed by atoms with van der Waals surface area (Å²) in [5, 5.41) is 7.84. The summed E-state index contributed by atoms with van der Waals surface area (Å²) >= 11 is 4.75. The van der Waals surface area contributed by atoms with E-state index in [2.05, 4.69) is 50.2 Å². The van der Waals surface area contributed by atoms with Crippen LogP contribution < -0.4 is 10.9 Å². The van der Waals surface area contributed by atoms with Crippen molar-refractivity contribution in [2.45, 2.75) is 39.7 Å². The third kappa shape index (κ3) is 3.56. The average Bonchev–Trinajstić information content (AvgIpc) is 3.11. The van der Waals surface area contributed by atoms with Crippen molar-refractivity contribution >= 4 is 49.3 Å². The van der Waals surface area contributed by atoms with Crippen molar-refractivity contribution in [1.82, 2.24) is 24.3 Å². The Hall–Kier alpha value is -2.07. The molecule has 0 fully saturated rings. The van der Waals surface area contributed by atoms with Crippen molar-refractivity contribution in [3.8, 4) is 0 Å². The number of carbonyl (C=O) groups excluding carboxylic acids is 1. The molecule has 0 aliphatic heterocycles. The van der Waals surface area contributed by atoms with Gasteiger partial charge in [0.1, 0.15) is 22.9 Å². The summed E-state index contributed by atoms with van der Waals surface area (Å²) in [6, 6.07) is 0. The van der Waals surface area contributed by atoms with Crippen LogP contribution in [0.15, 0.2) is 15.7 Å². The highest BCUT2D eigenvalue weighted by molar-refractivity contribution is 9.10. The molecule has 0 bridgehead atoms. The number of hydrogen-bond donors (Lipinski definition) is 1. The molecule has 0 aromatic carbocycles. The van der Waals surface area contributed by atoms with E-state index in [0.717, 1.165) is 25.0 Å². The first-order chi connectivity index (χ1) is 12.4. The summed E-state index contributed by atoms with van der Waals surface area (Å²) < 4.78 is 3.20. The number of aryl methyl sites for hydroxylation is 3. The molecule has 0 aliphatic rings. The Morgan fingerprint density at radius 1 is 1.38 bits per heavy atom. The Morgan fingerprint density at radius 3 is 2.85 bits per heavy atom. The van der Waals surface area contributed by atoms with Crippen molar-refractivity contribution in [1.29, 1.82) is 0 Å². The molecule has 0 atom stereocenters. The van der Waals surface area contributed by atoms with E-state index in [4.69, 9.17) is 0 Å². The van der Waals surface area contributed by atoms with Crippen LogP contribution in [-0.4, -0.2) is 30.2 Å². The highest BCUT2D eigenvalue weighted by atomic mass is 79.9. The van der Waals surface area contributed by atoms with Gasteiger partial charge in [0.25, 0.3) is 5.56 Å². The lowest BCUT2D eigenvalue weighted by atomic mass is 10.2. The fourth-order valence-corrected chi connectivity index (χ4v) is 4.26. The third-order valence-corrected chi connectivity index (χ3v) is 5.63. The smallest absolute Gasteiger partial charge is 0.266 e. The van der Waals surface area contributed by atoms with Gasteiger partial charge in [0, 0.05) is 11.9 Å². The van der Waals surface area contributed by atoms with E-state index in [1.54, 1.807) is 7.05 Å². The van der Waals surface area contributed by atoms with Crippen LogP contribution in [0.2, 0.25) is 0 Å². The van der Waals surface area contributed by atoms with Crippen molar-refractivity contribution < 1.29 is 4.79 Å². The van der Waals surface area contributed by atoms with Gasteiger partial charge < -0.3 is 5.32 Å². The van der Waals surface area contributed by atoms with Gasteiger partial charge in [-0.25, -0.2) is 14.6 Å². The number of carbonyl (C=O) groups is 1. The van der Waals surface area contributed by atoms with Crippen LogP contribution in [0, 0.1) is 0 Å². The second-order valence-electron chi connectivity index (χ2n) is 5.83. The number of amides is 1. The quantitative estimate of drug-likeness (QED) is 0.637. The molecule has 0 aliphatic carbocycles. The van der Waals surface area contributed by atoms with Crippen molar-refractivity contribution in [3.05, 3.63) is 31.9 Å². The fraction of sp³-hybridized carbons (Fsp3) is 0.438. The zero-order chi connectivity index (χ0) is 18.8. The molecule has 3 aromatic rings. The zero-order valence-electron chi connectivity index (χ0n) is 14.7. The number of anilines is 1.